The monoisotopic (exact) mass is 278 g/mol. The lowest BCUT2D eigenvalue weighted by Gasteiger charge is -2.38. The van der Waals surface area contributed by atoms with Crippen molar-refractivity contribution in [3.05, 3.63) is 29.8 Å². The Balaban J connectivity index is 2.03. The van der Waals surface area contributed by atoms with Crippen LogP contribution in [0.15, 0.2) is 24.3 Å². The zero-order chi connectivity index (χ0) is 14.8. The lowest BCUT2D eigenvalue weighted by molar-refractivity contribution is 0.0345. The van der Waals surface area contributed by atoms with Gasteiger partial charge in [-0.25, -0.2) is 4.79 Å². The van der Waals surface area contributed by atoms with Gasteiger partial charge in [-0.2, -0.15) is 0 Å². The highest BCUT2D eigenvalue weighted by molar-refractivity contribution is 5.94. The topological polar surface area (TPSA) is 64.0 Å². The lowest BCUT2D eigenvalue weighted by atomic mass is 10.1. The summed E-state index contributed by atoms with van der Waals surface area (Å²) in [4.78, 5) is 15.6. The molecule has 0 saturated carbocycles. The number of aliphatic hydroxyl groups is 1. The van der Waals surface area contributed by atoms with Gasteiger partial charge in [-0.15, -0.1) is 0 Å². The fraction of sp³-hybridized carbons (Fsp3) is 0.533. The van der Waals surface area contributed by atoms with E-state index < -0.39 is 11.6 Å². The third-order valence-electron chi connectivity index (χ3n) is 3.46. The molecule has 1 saturated heterocycles. The molecule has 0 bridgehead atoms. The summed E-state index contributed by atoms with van der Waals surface area (Å²) in [6.07, 6.45) is 0. The van der Waals surface area contributed by atoms with Crippen LogP contribution in [-0.4, -0.2) is 59.4 Å². The van der Waals surface area contributed by atoms with E-state index >= 15 is 0 Å². The summed E-state index contributed by atoms with van der Waals surface area (Å²) in [7, 11) is 0. The molecule has 0 atom stereocenters. The number of hydrogen-bond donors (Lipinski definition) is 2. The number of aromatic carboxylic acids is 1. The van der Waals surface area contributed by atoms with Gasteiger partial charge in [-0.1, -0.05) is 12.1 Å². The van der Waals surface area contributed by atoms with Crippen LogP contribution in [0, 0.1) is 0 Å². The van der Waals surface area contributed by atoms with E-state index in [2.05, 4.69) is 9.80 Å². The molecule has 1 aromatic rings. The van der Waals surface area contributed by atoms with E-state index in [0.717, 1.165) is 31.9 Å². The summed E-state index contributed by atoms with van der Waals surface area (Å²) >= 11 is 0. The van der Waals surface area contributed by atoms with Crippen LogP contribution in [-0.2, 0) is 0 Å². The SMILES string of the molecule is CC(C)(O)CN1CCN(c2ccccc2C(=O)O)CC1. The first-order chi connectivity index (χ1) is 9.37. The second kappa shape index (κ2) is 5.81. The minimum atomic E-state index is -0.889. The second-order valence-corrected chi connectivity index (χ2v) is 5.90. The Hall–Kier alpha value is -1.59. The first kappa shape index (κ1) is 14.8. The number of hydrogen-bond acceptors (Lipinski definition) is 4. The third kappa shape index (κ3) is 3.71. The molecule has 1 fully saturated rings. The van der Waals surface area contributed by atoms with E-state index in [1.54, 1.807) is 26.0 Å². The normalized spacial score (nSPS) is 17.2. The third-order valence-corrected chi connectivity index (χ3v) is 3.46. The number of carbonyl (C=O) groups is 1. The van der Waals surface area contributed by atoms with Crippen LogP contribution in [0.1, 0.15) is 24.2 Å². The number of nitrogens with zero attached hydrogens (tertiary/aromatic N) is 2. The van der Waals surface area contributed by atoms with Gasteiger partial charge in [0, 0.05) is 32.7 Å². The molecule has 0 radical (unpaired) electrons. The van der Waals surface area contributed by atoms with Gasteiger partial charge in [0.2, 0.25) is 0 Å². The number of carboxylic acids is 1. The largest absolute Gasteiger partial charge is 0.478 e. The molecular formula is C15H22N2O3. The molecule has 1 heterocycles. The number of rotatable bonds is 4. The van der Waals surface area contributed by atoms with Crippen molar-refractivity contribution < 1.29 is 15.0 Å². The van der Waals surface area contributed by atoms with E-state index in [1.165, 1.54) is 0 Å². The number of anilines is 1. The Bertz CT molecular complexity index is 474. The predicted octanol–water partition coefficient (Wildman–Crippen LogP) is 1.28. The van der Waals surface area contributed by atoms with E-state index in [4.69, 9.17) is 0 Å². The molecule has 110 valence electrons. The highest BCUT2D eigenvalue weighted by Gasteiger charge is 2.24. The predicted molar refractivity (Wildman–Crippen MR) is 78.4 cm³/mol. The average molecular weight is 278 g/mol. The molecule has 2 rings (SSSR count). The van der Waals surface area contributed by atoms with Crippen molar-refractivity contribution in [2.45, 2.75) is 19.4 Å². The maximum Gasteiger partial charge on any atom is 0.337 e. The minimum Gasteiger partial charge on any atom is -0.478 e. The molecule has 0 aliphatic carbocycles. The smallest absolute Gasteiger partial charge is 0.337 e. The van der Waals surface area contributed by atoms with E-state index in [1.807, 2.05) is 12.1 Å². The van der Waals surface area contributed by atoms with Crippen LogP contribution in [0.2, 0.25) is 0 Å². The van der Waals surface area contributed by atoms with Crippen LogP contribution in [0.5, 0.6) is 0 Å². The Morgan fingerprint density at radius 1 is 1.20 bits per heavy atom. The van der Waals surface area contributed by atoms with Gasteiger partial charge in [-0.05, 0) is 26.0 Å². The molecule has 2 N–H and O–H groups in total. The molecule has 0 amide bonds. The highest BCUT2D eigenvalue weighted by Crippen LogP contribution is 2.22. The maximum absolute atomic E-state index is 11.2. The van der Waals surface area contributed by atoms with Crippen LogP contribution in [0.3, 0.4) is 0 Å². The lowest BCUT2D eigenvalue weighted by Crippen LogP contribution is -2.50. The van der Waals surface area contributed by atoms with Crippen molar-refractivity contribution in [3.8, 4) is 0 Å². The van der Waals surface area contributed by atoms with Crippen molar-refractivity contribution in [2.24, 2.45) is 0 Å². The molecule has 0 spiro atoms. The Morgan fingerprint density at radius 3 is 2.35 bits per heavy atom. The second-order valence-electron chi connectivity index (χ2n) is 5.90. The van der Waals surface area contributed by atoms with Crippen molar-refractivity contribution in [3.63, 3.8) is 0 Å². The quantitative estimate of drug-likeness (QED) is 0.868. The number of β-amino-alcohol motifs (C(OH)–C–C–N with tert-alkyl or cyclic N) is 1. The van der Waals surface area contributed by atoms with Gasteiger partial charge in [-0.3, -0.25) is 4.90 Å². The highest BCUT2D eigenvalue weighted by atomic mass is 16.4. The van der Waals surface area contributed by atoms with Crippen molar-refractivity contribution in [1.82, 2.24) is 4.90 Å². The fourth-order valence-corrected chi connectivity index (χ4v) is 2.62. The molecule has 0 unspecified atom stereocenters. The summed E-state index contributed by atoms with van der Waals surface area (Å²) in [6.45, 7) is 7.47. The number of para-hydroxylation sites is 1. The number of piperazine rings is 1. The van der Waals surface area contributed by atoms with Crippen LogP contribution < -0.4 is 4.90 Å². The van der Waals surface area contributed by atoms with E-state index in [-0.39, 0.29) is 0 Å². The van der Waals surface area contributed by atoms with Crippen molar-refractivity contribution in [1.29, 1.82) is 0 Å². The summed E-state index contributed by atoms with van der Waals surface area (Å²) in [5.41, 5.74) is 0.438. The van der Waals surface area contributed by atoms with Crippen LogP contribution >= 0.6 is 0 Å². The zero-order valence-electron chi connectivity index (χ0n) is 12.0. The molecule has 1 aromatic carbocycles. The average Bonchev–Trinajstić information content (AvgIpc) is 2.38. The van der Waals surface area contributed by atoms with Gasteiger partial charge in [0.05, 0.1) is 16.9 Å². The summed E-state index contributed by atoms with van der Waals surface area (Å²) in [5.74, 6) is -0.889. The first-order valence-electron chi connectivity index (χ1n) is 6.89. The molecule has 1 aliphatic heterocycles. The summed E-state index contributed by atoms with van der Waals surface area (Å²) in [6, 6.07) is 7.11. The Labute approximate surface area is 119 Å². The number of benzene rings is 1. The summed E-state index contributed by atoms with van der Waals surface area (Å²) in [5, 5.41) is 19.1. The Kier molecular flexibility index (Phi) is 4.30. The van der Waals surface area contributed by atoms with Gasteiger partial charge >= 0.3 is 5.97 Å². The van der Waals surface area contributed by atoms with E-state index in [9.17, 15) is 15.0 Å². The Morgan fingerprint density at radius 2 is 1.80 bits per heavy atom. The van der Waals surface area contributed by atoms with Crippen LogP contribution in [0.4, 0.5) is 5.69 Å². The fourth-order valence-electron chi connectivity index (χ4n) is 2.62. The number of carboxylic acid groups (broad SMARTS) is 1. The van der Waals surface area contributed by atoms with Crippen molar-refractivity contribution in [2.75, 3.05) is 37.6 Å². The molecule has 1 aliphatic rings. The van der Waals surface area contributed by atoms with Gasteiger partial charge in [0.1, 0.15) is 0 Å². The zero-order valence-corrected chi connectivity index (χ0v) is 12.0. The van der Waals surface area contributed by atoms with Gasteiger partial charge in [0.15, 0.2) is 0 Å². The standard InChI is InChI=1S/C15H22N2O3/c1-15(2,20)11-16-7-9-17(10-8-16)13-6-4-3-5-12(13)14(18)19/h3-6,20H,7-11H2,1-2H3,(H,18,19). The molecule has 5 heteroatoms. The van der Waals surface area contributed by atoms with Crippen molar-refractivity contribution >= 4 is 11.7 Å². The maximum atomic E-state index is 11.2. The van der Waals surface area contributed by atoms with Crippen LogP contribution in [0.25, 0.3) is 0 Å². The molecule has 5 nitrogen and oxygen atoms in total. The molecule has 0 aromatic heterocycles. The van der Waals surface area contributed by atoms with Gasteiger partial charge in [0.25, 0.3) is 0 Å². The first-order valence-corrected chi connectivity index (χ1v) is 6.89. The molecular weight excluding hydrogens is 256 g/mol. The van der Waals surface area contributed by atoms with E-state index in [0.29, 0.717) is 12.1 Å². The minimum absolute atomic E-state index is 0.350. The van der Waals surface area contributed by atoms with Gasteiger partial charge < -0.3 is 15.1 Å². The summed E-state index contributed by atoms with van der Waals surface area (Å²) < 4.78 is 0. The molecule has 20 heavy (non-hydrogen) atoms.